The van der Waals surface area contributed by atoms with Gasteiger partial charge in [-0.25, -0.2) is 4.79 Å². The average Bonchev–Trinajstić information content (AvgIpc) is 3.36. The van der Waals surface area contributed by atoms with Gasteiger partial charge in [0.05, 0.1) is 30.4 Å². The Bertz CT molecular complexity index is 792. The largest absolute Gasteiger partial charge is 0.469 e. The first-order valence-corrected chi connectivity index (χ1v) is 10.0. The Labute approximate surface area is 153 Å². The van der Waals surface area contributed by atoms with Crippen LogP contribution in [0.3, 0.4) is 0 Å². The van der Waals surface area contributed by atoms with Crippen molar-refractivity contribution < 1.29 is 18.7 Å². The summed E-state index contributed by atoms with van der Waals surface area (Å²) in [5.41, 5.74) is -0.841. The zero-order valence-electron chi connectivity index (χ0n) is 13.6. The number of fused-ring (bicyclic) bond motifs is 2. The van der Waals surface area contributed by atoms with Crippen molar-refractivity contribution in [2.45, 2.75) is 28.9 Å². The fourth-order valence-electron chi connectivity index (χ4n) is 4.07. The van der Waals surface area contributed by atoms with Crippen LogP contribution in [0.5, 0.6) is 0 Å². The van der Waals surface area contributed by atoms with Crippen LogP contribution >= 0.6 is 23.5 Å². The van der Waals surface area contributed by atoms with Crippen LogP contribution < -0.4 is 0 Å². The van der Waals surface area contributed by atoms with Crippen LogP contribution in [0.15, 0.2) is 34.6 Å². The number of hydrogen-bond donors (Lipinski definition) is 0. The summed E-state index contributed by atoms with van der Waals surface area (Å²) in [5, 5.41) is 9.72. The van der Waals surface area contributed by atoms with Crippen molar-refractivity contribution in [3.63, 3.8) is 0 Å². The Hall–Kier alpha value is -1.85. The van der Waals surface area contributed by atoms with Gasteiger partial charge < -0.3 is 9.15 Å². The van der Waals surface area contributed by atoms with Gasteiger partial charge in [-0.05, 0) is 19.1 Å². The van der Waals surface area contributed by atoms with Crippen molar-refractivity contribution in [2.75, 3.05) is 18.1 Å². The molecule has 0 saturated carbocycles. The van der Waals surface area contributed by atoms with Crippen LogP contribution in [0.4, 0.5) is 0 Å². The fraction of sp³-hybridized carbons (Fsp3) is 0.471. The van der Waals surface area contributed by atoms with Crippen LogP contribution in [-0.4, -0.2) is 44.5 Å². The summed E-state index contributed by atoms with van der Waals surface area (Å²) in [4.78, 5) is 27.5. The lowest BCUT2D eigenvalue weighted by molar-refractivity contribution is -0.157. The Kier molecular flexibility index (Phi) is 3.89. The molecule has 0 aromatic carbocycles. The monoisotopic (exact) mass is 376 g/mol. The van der Waals surface area contributed by atoms with E-state index in [1.165, 1.54) is 11.2 Å². The van der Waals surface area contributed by atoms with E-state index >= 15 is 0 Å². The van der Waals surface area contributed by atoms with E-state index in [-0.39, 0.29) is 18.9 Å². The number of rotatable bonds is 3. The van der Waals surface area contributed by atoms with Crippen LogP contribution in [0, 0.1) is 11.3 Å². The van der Waals surface area contributed by atoms with Crippen molar-refractivity contribution in [1.82, 2.24) is 4.90 Å². The molecule has 25 heavy (non-hydrogen) atoms. The number of ether oxygens (including phenoxy) is 1. The highest BCUT2D eigenvalue weighted by Gasteiger charge is 2.76. The summed E-state index contributed by atoms with van der Waals surface area (Å²) < 4.78 is 10.2. The highest BCUT2D eigenvalue weighted by atomic mass is 32.2. The first-order valence-electron chi connectivity index (χ1n) is 8.05. The highest BCUT2D eigenvalue weighted by molar-refractivity contribution is 8.21. The second-order valence-corrected chi connectivity index (χ2v) is 8.87. The number of esters is 1. The van der Waals surface area contributed by atoms with E-state index in [0.717, 1.165) is 11.5 Å². The van der Waals surface area contributed by atoms with Crippen LogP contribution in [-0.2, 0) is 14.3 Å². The predicted molar refractivity (Wildman–Crippen MR) is 93.6 cm³/mol. The molecule has 3 aliphatic rings. The third kappa shape index (κ3) is 1.94. The first kappa shape index (κ1) is 16.6. The standard InChI is InChI=1S/C17H16N2O4S2/c1-2-22-15(21)16-12(13-4-3-5-23-13)8-14(20)19(16)10-11(9-18)17(16)24-6-7-25-17/h3-5,10,12H,2,6-8H2,1H3/t12-,16-/m0/s1. The smallest absolute Gasteiger partial charge is 0.335 e. The Morgan fingerprint density at radius 2 is 2.28 bits per heavy atom. The van der Waals surface area contributed by atoms with Gasteiger partial charge in [-0.15, -0.1) is 23.5 Å². The molecule has 2 atom stereocenters. The van der Waals surface area contributed by atoms with Crippen molar-refractivity contribution in [3.8, 4) is 6.07 Å². The van der Waals surface area contributed by atoms with Gasteiger partial charge in [-0.2, -0.15) is 5.26 Å². The Morgan fingerprint density at radius 3 is 2.88 bits per heavy atom. The molecule has 2 saturated heterocycles. The van der Waals surface area contributed by atoms with Gasteiger partial charge in [-0.1, -0.05) is 0 Å². The molecule has 4 heterocycles. The molecule has 0 N–H and O–H groups in total. The van der Waals surface area contributed by atoms with E-state index < -0.39 is 21.5 Å². The first-order chi connectivity index (χ1) is 12.1. The van der Waals surface area contributed by atoms with Crippen LogP contribution in [0.1, 0.15) is 25.0 Å². The molecular weight excluding hydrogens is 360 g/mol. The van der Waals surface area contributed by atoms with Gasteiger partial charge in [0.1, 0.15) is 9.84 Å². The lowest BCUT2D eigenvalue weighted by atomic mass is 9.79. The summed E-state index contributed by atoms with van der Waals surface area (Å²) in [6.07, 6.45) is 3.24. The number of furan rings is 1. The number of carbonyl (C=O) groups is 2. The fourth-order valence-corrected chi connectivity index (χ4v) is 7.74. The van der Waals surface area contributed by atoms with Gasteiger partial charge in [0.2, 0.25) is 5.91 Å². The molecule has 0 radical (unpaired) electrons. The van der Waals surface area contributed by atoms with E-state index in [4.69, 9.17) is 9.15 Å². The molecule has 1 spiro atoms. The maximum atomic E-state index is 13.3. The minimum atomic E-state index is -1.28. The molecule has 1 amide bonds. The molecule has 4 rings (SSSR count). The van der Waals surface area contributed by atoms with E-state index in [9.17, 15) is 14.9 Å². The van der Waals surface area contributed by atoms with Crippen LogP contribution in [0.2, 0.25) is 0 Å². The summed E-state index contributed by atoms with van der Waals surface area (Å²) in [5.74, 6) is 1.03. The summed E-state index contributed by atoms with van der Waals surface area (Å²) in [7, 11) is 0. The third-order valence-corrected chi connectivity index (χ3v) is 8.59. The van der Waals surface area contributed by atoms with Gasteiger partial charge in [0.25, 0.3) is 0 Å². The second-order valence-electron chi connectivity index (χ2n) is 5.99. The zero-order valence-corrected chi connectivity index (χ0v) is 15.2. The van der Waals surface area contributed by atoms with E-state index in [2.05, 4.69) is 6.07 Å². The molecule has 1 aromatic rings. The average molecular weight is 376 g/mol. The van der Waals surface area contributed by atoms with Gasteiger partial charge >= 0.3 is 5.97 Å². The molecule has 130 valence electrons. The normalized spacial score (nSPS) is 29.6. The lowest BCUT2D eigenvalue weighted by Gasteiger charge is -2.43. The molecular formula is C17H16N2O4S2. The van der Waals surface area contributed by atoms with Crippen molar-refractivity contribution >= 4 is 35.4 Å². The number of nitriles is 1. The maximum Gasteiger partial charge on any atom is 0.335 e. The van der Waals surface area contributed by atoms with E-state index in [0.29, 0.717) is 11.3 Å². The minimum absolute atomic E-state index is 0.157. The van der Waals surface area contributed by atoms with Crippen molar-refractivity contribution in [3.05, 3.63) is 35.9 Å². The van der Waals surface area contributed by atoms with Crippen LogP contribution in [0.25, 0.3) is 0 Å². The van der Waals surface area contributed by atoms with Gasteiger partial charge in [-0.3, -0.25) is 9.69 Å². The third-order valence-electron chi connectivity index (χ3n) is 4.93. The summed E-state index contributed by atoms with van der Waals surface area (Å²) >= 11 is 3.11. The number of thioether (sulfide) groups is 2. The molecule has 0 bridgehead atoms. The predicted octanol–water partition coefficient (Wildman–Crippen LogP) is 2.49. The number of carbonyl (C=O) groups excluding carboxylic acids is 2. The molecule has 6 nitrogen and oxygen atoms in total. The lowest BCUT2D eigenvalue weighted by Crippen LogP contribution is -2.62. The topological polar surface area (TPSA) is 83.5 Å². The quantitative estimate of drug-likeness (QED) is 0.750. The molecule has 0 aliphatic carbocycles. The highest BCUT2D eigenvalue weighted by Crippen LogP contribution is 2.67. The summed E-state index contributed by atoms with van der Waals surface area (Å²) in [6.45, 7) is 1.95. The van der Waals surface area contributed by atoms with Gasteiger partial charge in [0, 0.05) is 24.1 Å². The number of nitrogens with zero attached hydrogens (tertiary/aromatic N) is 2. The van der Waals surface area contributed by atoms with Gasteiger partial charge in [0.15, 0.2) is 5.54 Å². The zero-order chi connectivity index (χ0) is 17.7. The molecule has 8 heteroatoms. The van der Waals surface area contributed by atoms with E-state index in [1.54, 1.807) is 48.8 Å². The maximum absolute atomic E-state index is 13.3. The Morgan fingerprint density at radius 1 is 1.52 bits per heavy atom. The summed E-state index contributed by atoms with van der Waals surface area (Å²) in [6, 6.07) is 5.75. The second kappa shape index (κ2) is 5.85. The Balaban J connectivity index is 1.97. The molecule has 3 aliphatic heterocycles. The van der Waals surface area contributed by atoms with Crippen molar-refractivity contribution in [1.29, 1.82) is 5.26 Å². The number of hydrogen-bond acceptors (Lipinski definition) is 7. The minimum Gasteiger partial charge on any atom is -0.469 e. The van der Waals surface area contributed by atoms with Crippen molar-refractivity contribution in [2.24, 2.45) is 0 Å². The SMILES string of the molecule is CCOC(=O)[C@]12[C@H](c3ccco3)CC(=O)N1C=C(C#N)C21SCCS1. The molecule has 2 fully saturated rings. The number of amides is 1. The molecule has 1 aromatic heterocycles. The van der Waals surface area contributed by atoms with E-state index in [1.807, 2.05) is 0 Å². The molecule has 0 unspecified atom stereocenters.